The number of anilines is 2. The van der Waals surface area contributed by atoms with Crippen molar-refractivity contribution in [1.82, 2.24) is 4.98 Å². The van der Waals surface area contributed by atoms with E-state index in [-0.39, 0.29) is 16.9 Å². The molecule has 1 saturated heterocycles. The lowest BCUT2D eigenvalue weighted by molar-refractivity contribution is 0.256. The number of hydrogen-bond acceptors (Lipinski definition) is 3. The normalized spacial score (nSPS) is 25.9. The predicted octanol–water partition coefficient (Wildman–Crippen LogP) is 3.41. The van der Waals surface area contributed by atoms with Gasteiger partial charge in [0.05, 0.1) is 11.4 Å². The van der Waals surface area contributed by atoms with Gasteiger partial charge in [0.1, 0.15) is 5.82 Å². The van der Waals surface area contributed by atoms with E-state index in [1.54, 1.807) is 5.31 Å². The van der Waals surface area contributed by atoms with Crippen molar-refractivity contribution in [3.05, 3.63) is 17.8 Å². The molecule has 0 spiro atoms. The summed E-state index contributed by atoms with van der Waals surface area (Å²) in [7, 11) is 0. The second kappa shape index (κ2) is 3.87. The van der Waals surface area contributed by atoms with E-state index in [0.29, 0.717) is 0 Å². The summed E-state index contributed by atoms with van der Waals surface area (Å²) in [4.78, 5) is 7.22. The van der Waals surface area contributed by atoms with Crippen molar-refractivity contribution < 1.29 is 1.41 Å². The van der Waals surface area contributed by atoms with E-state index in [0.717, 1.165) is 30.3 Å². The highest BCUT2D eigenvalue weighted by atomic mass is 15.2. The molecule has 1 aromatic heterocycles. The van der Waals surface area contributed by atoms with Crippen molar-refractivity contribution in [3.63, 3.8) is 0 Å². The van der Waals surface area contributed by atoms with Crippen LogP contribution < -0.4 is 10.2 Å². The van der Waals surface area contributed by atoms with Gasteiger partial charge in [-0.15, -0.1) is 0 Å². The van der Waals surface area contributed by atoms with E-state index >= 15 is 0 Å². The third-order valence-electron chi connectivity index (χ3n) is 4.42. The van der Waals surface area contributed by atoms with Crippen molar-refractivity contribution in [2.45, 2.75) is 52.5 Å². The highest BCUT2D eigenvalue weighted by molar-refractivity contribution is 5.62. The molecule has 0 amide bonds. The molecule has 1 aromatic rings. The quantitative estimate of drug-likeness (QED) is 0.838. The zero-order valence-corrected chi connectivity index (χ0v) is 12.7. The molecule has 19 heavy (non-hydrogen) atoms. The fourth-order valence-electron chi connectivity index (χ4n) is 3.45. The van der Waals surface area contributed by atoms with Crippen LogP contribution >= 0.6 is 0 Å². The molecule has 1 N–H and O–H groups in total. The van der Waals surface area contributed by atoms with Gasteiger partial charge in [-0.2, -0.15) is 0 Å². The highest BCUT2D eigenvalue weighted by Crippen LogP contribution is 2.46. The SMILES string of the molecule is [2H]N1c2ccc(N3CCC3)nc2C(C)(C)C1C(C)(C)C. The minimum Gasteiger partial charge on any atom is -0.379 e. The molecule has 104 valence electrons. The van der Waals surface area contributed by atoms with Crippen molar-refractivity contribution in [2.75, 3.05) is 23.3 Å². The van der Waals surface area contributed by atoms with Crippen molar-refractivity contribution in [2.24, 2.45) is 5.41 Å². The number of nitrogens with one attached hydrogen (secondary N) is 1. The Hall–Kier alpha value is -1.25. The van der Waals surface area contributed by atoms with Crippen molar-refractivity contribution in [3.8, 4) is 0 Å². The van der Waals surface area contributed by atoms with Crippen LogP contribution in [-0.2, 0) is 5.41 Å². The van der Waals surface area contributed by atoms with Crippen molar-refractivity contribution in [1.29, 1.82) is 0 Å². The van der Waals surface area contributed by atoms with Crippen LogP contribution in [0.15, 0.2) is 12.1 Å². The summed E-state index contributed by atoms with van der Waals surface area (Å²) >= 11 is 0. The average molecular weight is 260 g/mol. The van der Waals surface area contributed by atoms with Crippen LogP contribution in [-0.4, -0.2) is 24.1 Å². The summed E-state index contributed by atoms with van der Waals surface area (Å²) in [5, 5.41) is 1.68. The minimum absolute atomic E-state index is 0.0445. The first-order valence-corrected chi connectivity index (χ1v) is 7.27. The first-order chi connectivity index (χ1) is 9.23. The smallest absolute Gasteiger partial charge is 0.160 e. The van der Waals surface area contributed by atoms with Gasteiger partial charge in [0, 0.05) is 24.5 Å². The Morgan fingerprint density at radius 2 is 2.05 bits per heavy atom. The number of pyridine rings is 1. The fraction of sp³-hybridized carbons (Fsp3) is 0.688. The second-order valence-electron chi connectivity index (χ2n) is 7.50. The summed E-state index contributed by atoms with van der Waals surface area (Å²) in [5.41, 5.74) is 2.00. The molecule has 0 aliphatic carbocycles. The van der Waals surface area contributed by atoms with Gasteiger partial charge < -0.3 is 10.2 Å². The van der Waals surface area contributed by atoms with E-state index in [2.05, 4.69) is 51.7 Å². The zero-order valence-electron chi connectivity index (χ0n) is 13.7. The number of nitrogens with zero attached hydrogens (tertiary/aromatic N) is 2. The van der Waals surface area contributed by atoms with Crippen LogP contribution in [0.5, 0.6) is 0 Å². The van der Waals surface area contributed by atoms with E-state index in [1.807, 2.05) is 0 Å². The van der Waals surface area contributed by atoms with Gasteiger partial charge in [0.2, 0.25) is 0 Å². The Morgan fingerprint density at radius 3 is 2.58 bits per heavy atom. The number of aromatic nitrogens is 1. The molecule has 0 aromatic carbocycles. The van der Waals surface area contributed by atoms with E-state index in [4.69, 9.17) is 6.40 Å². The first kappa shape index (κ1) is 11.6. The largest absolute Gasteiger partial charge is 0.379 e. The van der Waals surface area contributed by atoms with Crippen LogP contribution in [0.1, 0.15) is 46.7 Å². The second-order valence-corrected chi connectivity index (χ2v) is 7.50. The van der Waals surface area contributed by atoms with Crippen LogP contribution in [0.3, 0.4) is 0 Å². The molecule has 1 atom stereocenters. The number of rotatable bonds is 1. The highest BCUT2D eigenvalue weighted by Gasteiger charge is 2.46. The molecule has 0 bridgehead atoms. The summed E-state index contributed by atoms with van der Waals surface area (Å²) in [6.07, 6.45) is 1.26. The topological polar surface area (TPSA) is 28.2 Å². The summed E-state index contributed by atoms with van der Waals surface area (Å²) in [6, 6.07) is 4.29. The molecular formula is C16H25N3. The summed E-state index contributed by atoms with van der Waals surface area (Å²) < 4.78 is 8.50. The molecule has 3 heterocycles. The molecular weight excluding hydrogens is 234 g/mol. The summed E-state index contributed by atoms with van der Waals surface area (Å²) in [5.74, 6) is 1.08. The third-order valence-corrected chi connectivity index (χ3v) is 4.42. The van der Waals surface area contributed by atoms with Crippen LogP contribution in [0.2, 0.25) is 1.41 Å². The van der Waals surface area contributed by atoms with Gasteiger partial charge in [0.25, 0.3) is 0 Å². The molecule has 0 radical (unpaired) electrons. The van der Waals surface area contributed by atoms with E-state index < -0.39 is 0 Å². The van der Waals surface area contributed by atoms with E-state index in [1.165, 1.54) is 6.42 Å². The standard InChI is InChI=1S/C16H25N3/c1-15(2,3)14-16(4,5)13-11(17-14)7-8-12(18-13)19-9-6-10-19/h7-8,14,17H,6,9-10H2,1-5H3/i/hD. The molecule has 0 saturated carbocycles. The van der Waals surface area contributed by atoms with Gasteiger partial charge in [-0.25, -0.2) is 4.98 Å². The van der Waals surface area contributed by atoms with Crippen molar-refractivity contribution >= 4 is 11.5 Å². The minimum atomic E-state index is -0.101. The Balaban J connectivity index is 2.06. The number of fused-ring (bicyclic) bond motifs is 1. The maximum absolute atomic E-state index is 8.50. The first-order valence-electron chi connectivity index (χ1n) is 7.72. The lowest BCUT2D eigenvalue weighted by Crippen LogP contribution is -2.44. The lowest BCUT2D eigenvalue weighted by atomic mass is 9.71. The lowest BCUT2D eigenvalue weighted by Gasteiger charge is -2.37. The van der Waals surface area contributed by atoms with Gasteiger partial charge in [0.15, 0.2) is 1.41 Å². The average Bonchev–Trinajstić information content (AvgIpc) is 2.43. The van der Waals surface area contributed by atoms with Gasteiger partial charge >= 0.3 is 0 Å². The Morgan fingerprint density at radius 1 is 1.37 bits per heavy atom. The maximum Gasteiger partial charge on any atom is 0.160 e. The molecule has 1 fully saturated rings. The summed E-state index contributed by atoms with van der Waals surface area (Å²) in [6.45, 7) is 13.3. The third kappa shape index (κ3) is 1.90. The van der Waals surface area contributed by atoms with Crippen LogP contribution in [0.25, 0.3) is 0 Å². The molecule has 2 aliphatic rings. The Kier molecular flexibility index (Phi) is 2.36. The monoisotopic (exact) mass is 260 g/mol. The van der Waals surface area contributed by atoms with E-state index in [9.17, 15) is 0 Å². The van der Waals surface area contributed by atoms with Gasteiger partial charge in [-0.3, -0.25) is 0 Å². The Bertz CT molecular complexity index is 529. The molecule has 3 rings (SSSR count). The van der Waals surface area contributed by atoms with Crippen LogP contribution in [0, 0.1) is 5.41 Å². The zero-order chi connectivity index (χ0) is 14.7. The van der Waals surface area contributed by atoms with Gasteiger partial charge in [-0.1, -0.05) is 34.6 Å². The Labute approximate surface area is 117 Å². The molecule has 3 nitrogen and oxygen atoms in total. The maximum atomic E-state index is 8.50. The molecule has 1 unspecified atom stereocenters. The van der Waals surface area contributed by atoms with Gasteiger partial charge in [-0.05, 0) is 24.0 Å². The fourth-order valence-corrected chi connectivity index (χ4v) is 3.45. The molecule has 2 aliphatic heterocycles. The molecule has 3 heteroatoms. The predicted molar refractivity (Wildman–Crippen MR) is 81.0 cm³/mol. The number of hydrogen-bond donors (Lipinski definition) is 1. The van der Waals surface area contributed by atoms with Crippen LogP contribution in [0.4, 0.5) is 11.5 Å².